The summed E-state index contributed by atoms with van der Waals surface area (Å²) in [6.45, 7) is 1.85. The number of nitro groups is 2. The number of aliphatic hydroxyl groups is 1. The van der Waals surface area contributed by atoms with Crippen LogP contribution in [-0.2, 0) is 9.59 Å². The van der Waals surface area contributed by atoms with E-state index in [0.29, 0.717) is 0 Å². The van der Waals surface area contributed by atoms with Gasteiger partial charge in [0.05, 0.1) is 21.2 Å². The maximum Gasteiger partial charge on any atom is 0.271 e. The Morgan fingerprint density at radius 2 is 1.25 bits per heavy atom. The number of amides is 2. The summed E-state index contributed by atoms with van der Waals surface area (Å²) in [5.74, 6) is -0.746. The molecule has 0 radical (unpaired) electrons. The van der Waals surface area contributed by atoms with Crippen molar-refractivity contribution in [2.45, 2.75) is 20.0 Å². The average molecular weight is 448 g/mol. The minimum atomic E-state index is -1.18. The smallest absolute Gasteiger partial charge is 0.271 e. The molecule has 0 spiro atoms. The SMILES string of the molecule is CC(=O)Nc1cc([N+](=O)[O-])ccc1OCC(O)COc1ccc([N+](=O)[O-])cc1NC(C)=O. The van der Waals surface area contributed by atoms with Gasteiger partial charge in [-0.1, -0.05) is 0 Å². The first kappa shape index (κ1) is 24.0. The van der Waals surface area contributed by atoms with Crippen LogP contribution in [0.3, 0.4) is 0 Å². The number of carbonyl (C=O) groups excluding carboxylic acids is 2. The lowest BCUT2D eigenvalue weighted by Crippen LogP contribution is -2.25. The number of rotatable bonds is 10. The number of nitro benzene ring substituents is 2. The Hall–Kier alpha value is -4.26. The quantitative estimate of drug-likeness (QED) is 0.362. The number of benzene rings is 2. The molecule has 170 valence electrons. The van der Waals surface area contributed by atoms with Gasteiger partial charge in [0.25, 0.3) is 11.4 Å². The van der Waals surface area contributed by atoms with Gasteiger partial charge in [-0.2, -0.15) is 0 Å². The Morgan fingerprint density at radius 1 is 0.875 bits per heavy atom. The predicted molar refractivity (Wildman–Crippen MR) is 112 cm³/mol. The standard InChI is InChI=1S/C19H20N4O9/c1-11(24)20-16-7-13(22(27)28)3-5-18(16)31-9-15(26)10-32-19-6-4-14(23(29)30)8-17(19)21-12(2)25/h3-8,15,26H,9-10H2,1-2H3,(H,20,24)(H,21,25). The molecule has 0 aliphatic rings. The Balaban J connectivity index is 2.05. The van der Waals surface area contributed by atoms with Gasteiger partial charge in [0.2, 0.25) is 11.8 Å². The number of non-ortho nitro benzene ring substituents is 2. The van der Waals surface area contributed by atoms with E-state index >= 15 is 0 Å². The molecule has 0 saturated heterocycles. The van der Waals surface area contributed by atoms with Gasteiger partial charge in [-0.15, -0.1) is 0 Å². The summed E-state index contributed by atoms with van der Waals surface area (Å²) in [4.78, 5) is 43.3. The third-order valence-electron chi connectivity index (χ3n) is 3.83. The van der Waals surface area contributed by atoms with E-state index in [-0.39, 0.29) is 47.5 Å². The van der Waals surface area contributed by atoms with Gasteiger partial charge in [-0.3, -0.25) is 29.8 Å². The molecule has 0 bridgehead atoms. The molecular formula is C19H20N4O9. The summed E-state index contributed by atoms with van der Waals surface area (Å²) in [6, 6.07) is 7.16. The molecule has 32 heavy (non-hydrogen) atoms. The zero-order valence-electron chi connectivity index (χ0n) is 17.1. The van der Waals surface area contributed by atoms with Crippen molar-refractivity contribution in [3.05, 3.63) is 56.6 Å². The number of anilines is 2. The number of carbonyl (C=O) groups is 2. The van der Waals surface area contributed by atoms with Gasteiger partial charge in [-0.05, 0) is 12.1 Å². The Kier molecular flexibility index (Phi) is 8.01. The van der Waals surface area contributed by atoms with Gasteiger partial charge in [-0.25, -0.2) is 0 Å². The van der Waals surface area contributed by atoms with E-state index in [4.69, 9.17) is 9.47 Å². The van der Waals surface area contributed by atoms with Crippen molar-refractivity contribution in [2.75, 3.05) is 23.8 Å². The highest BCUT2D eigenvalue weighted by molar-refractivity contribution is 5.91. The Morgan fingerprint density at radius 3 is 1.56 bits per heavy atom. The van der Waals surface area contributed by atoms with Crippen LogP contribution in [0, 0.1) is 20.2 Å². The molecule has 0 atom stereocenters. The molecule has 2 amide bonds. The van der Waals surface area contributed by atoms with Crippen molar-refractivity contribution < 1.29 is 34.0 Å². The van der Waals surface area contributed by atoms with Crippen molar-refractivity contribution >= 4 is 34.6 Å². The van der Waals surface area contributed by atoms with Crippen molar-refractivity contribution in [2.24, 2.45) is 0 Å². The van der Waals surface area contributed by atoms with E-state index in [9.17, 15) is 34.9 Å². The first-order valence-electron chi connectivity index (χ1n) is 9.12. The molecule has 2 aromatic rings. The maximum absolute atomic E-state index is 11.3. The molecule has 0 unspecified atom stereocenters. The van der Waals surface area contributed by atoms with E-state index in [0.717, 1.165) is 12.1 Å². The fourth-order valence-electron chi connectivity index (χ4n) is 2.51. The molecule has 0 aliphatic heterocycles. The summed E-state index contributed by atoms with van der Waals surface area (Å²) in [7, 11) is 0. The van der Waals surface area contributed by atoms with Gasteiger partial charge in [0, 0.05) is 38.1 Å². The van der Waals surface area contributed by atoms with Gasteiger partial charge >= 0.3 is 0 Å². The molecule has 0 aromatic heterocycles. The minimum absolute atomic E-state index is 0.0585. The fourth-order valence-corrected chi connectivity index (χ4v) is 2.51. The monoisotopic (exact) mass is 448 g/mol. The molecule has 2 rings (SSSR count). The predicted octanol–water partition coefficient (Wildman–Crippen LogP) is 2.24. The van der Waals surface area contributed by atoms with Gasteiger partial charge in [0.1, 0.15) is 30.8 Å². The summed E-state index contributed by atoms with van der Waals surface area (Å²) in [6.07, 6.45) is -1.18. The average Bonchev–Trinajstić information content (AvgIpc) is 2.70. The van der Waals surface area contributed by atoms with Crippen LogP contribution in [0.1, 0.15) is 13.8 Å². The Bertz CT molecular complexity index is 960. The zero-order valence-corrected chi connectivity index (χ0v) is 17.1. The second-order valence-corrected chi connectivity index (χ2v) is 6.51. The van der Waals surface area contributed by atoms with E-state index in [2.05, 4.69) is 10.6 Å². The molecule has 2 aromatic carbocycles. The van der Waals surface area contributed by atoms with Crippen LogP contribution < -0.4 is 20.1 Å². The first-order valence-corrected chi connectivity index (χ1v) is 9.12. The molecule has 3 N–H and O–H groups in total. The first-order chi connectivity index (χ1) is 15.1. The maximum atomic E-state index is 11.3. The highest BCUT2D eigenvalue weighted by atomic mass is 16.6. The number of ether oxygens (including phenoxy) is 2. The van der Waals surface area contributed by atoms with Crippen LogP contribution in [0.25, 0.3) is 0 Å². The number of nitrogens with one attached hydrogen (secondary N) is 2. The number of aliphatic hydroxyl groups excluding tert-OH is 1. The minimum Gasteiger partial charge on any atom is -0.489 e. The molecule has 0 aliphatic carbocycles. The summed E-state index contributed by atoms with van der Waals surface area (Å²) < 4.78 is 10.9. The van der Waals surface area contributed by atoms with Crippen molar-refractivity contribution in [3.63, 3.8) is 0 Å². The topological polar surface area (TPSA) is 183 Å². The van der Waals surface area contributed by atoms with Gasteiger partial charge in [0.15, 0.2) is 0 Å². The van der Waals surface area contributed by atoms with E-state index in [1.54, 1.807) is 0 Å². The number of hydrogen-bond donors (Lipinski definition) is 3. The molecule has 0 saturated carbocycles. The largest absolute Gasteiger partial charge is 0.489 e. The molecule has 13 heteroatoms. The van der Waals surface area contributed by atoms with E-state index in [1.807, 2.05) is 0 Å². The van der Waals surface area contributed by atoms with E-state index < -0.39 is 27.8 Å². The third-order valence-corrected chi connectivity index (χ3v) is 3.83. The van der Waals surface area contributed by atoms with Crippen LogP contribution >= 0.6 is 0 Å². The van der Waals surface area contributed by atoms with Crippen molar-refractivity contribution in [1.82, 2.24) is 0 Å². The normalized spacial score (nSPS) is 10.4. The van der Waals surface area contributed by atoms with Crippen molar-refractivity contribution in [1.29, 1.82) is 0 Å². The third kappa shape index (κ3) is 6.91. The Labute approximate surface area is 181 Å². The number of nitrogens with zero attached hydrogens (tertiary/aromatic N) is 2. The lowest BCUT2D eigenvalue weighted by Gasteiger charge is -2.17. The zero-order chi connectivity index (χ0) is 23.8. The highest BCUT2D eigenvalue weighted by Crippen LogP contribution is 2.31. The summed E-state index contributed by atoms with van der Waals surface area (Å²) in [5, 5.41) is 36.8. The lowest BCUT2D eigenvalue weighted by molar-refractivity contribution is -0.385. The van der Waals surface area contributed by atoms with Crippen LogP contribution in [0.5, 0.6) is 11.5 Å². The highest BCUT2D eigenvalue weighted by Gasteiger charge is 2.17. The van der Waals surface area contributed by atoms with Gasteiger partial charge < -0.3 is 25.2 Å². The van der Waals surface area contributed by atoms with Crippen LogP contribution in [-0.4, -0.2) is 46.1 Å². The second-order valence-electron chi connectivity index (χ2n) is 6.51. The summed E-state index contributed by atoms with van der Waals surface area (Å²) >= 11 is 0. The molecule has 0 heterocycles. The molecular weight excluding hydrogens is 428 g/mol. The second kappa shape index (κ2) is 10.7. The molecule has 0 fully saturated rings. The van der Waals surface area contributed by atoms with E-state index in [1.165, 1.54) is 38.1 Å². The van der Waals surface area contributed by atoms with Crippen molar-refractivity contribution in [3.8, 4) is 11.5 Å². The number of hydrogen-bond acceptors (Lipinski definition) is 9. The fraction of sp³-hybridized carbons (Fsp3) is 0.263. The van der Waals surface area contributed by atoms with Crippen LogP contribution in [0.4, 0.5) is 22.7 Å². The molecule has 13 nitrogen and oxygen atoms in total. The summed E-state index contributed by atoms with van der Waals surface area (Å²) in [5.41, 5.74) is -0.395. The van der Waals surface area contributed by atoms with Crippen LogP contribution in [0.15, 0.2) is 36.4 Å². The lowest BCUT2D eigenvalue weighted by atomic mass is 10.2. The van der Waals surface area contributed by atoms with Crippen LogP contribution in [0.2, 0.25) is 0 Å².